The molecule has 2 aromatic carbocycles. The van der Waals surface area contributed by atoms with Crippen LogP contribution >= 0.6 is 11.3 Å². The third-order valence-corrected chi connectivity index (χ3v) is 8.05. The summed E-state index contributed by atoms with van der Waals surface area (Å²) in [4.78, 5) is 45.3. The number of aliphatic hydroxyl groups excluding tert-OH is 1. The lowest BCUT2D eigenvalue weighted by Crippen LogP contribution is -2.29. The smallest absolute Gasteiger partial charge is 0.350 e. The fourth-order valence-electron chi connectivity index (χ4n) is 4.95. The van der Waals surface area contributed by atoms with Gasteiger partial charge in [0.1, 0.15) is 28.2 Å². The van der Waals surface area contributed by atoms with Crippen molar-refractivity contribution in [1.82, 2.24) is 4.98 Å². The van der Waals surface area contributed by atoms with E-state index in [0.717, 1.165) is 35.5 Å². The number of anilines is 1. The maximum absolute atomic E-state index is 13.6. The van der Waals surface area contributed by atoms with Gasteiger partial charge in [-0.25, -0.2) is 9.78 Å². The van der Waals surface area contributed by atoms with E-state index >= 15 is 0 Å². The number of fused-ring (bicyclic) bond motifs is 1. The number of hydrogen-bond acceptors (Lipinski definition) is 9. The SMILES string of the molecule is CCCCOc1cccc([C@H]2/C(=C(\O)c3ccc4c(c3)C[C@H](C)O4)C(=O)C(=O)N2c2nc(C)c(C(=O)OC)s2)c1. The number of amides is 1. The van der Waals surface area contributed by atoms with Crippen LogP contribution in [0.4, 0.5) is 5.13 Å². The Balaban J connectivity index is 1.65. The van der Waals surface area contributed by atoms with Crippen molar-refractivity contribution in [2.24, 2.45) is 0 Å². The highest BCUT2D eigenvalue weighted by molar-refractivity contribution is 7.17. The minimum absolute atomic E-state index is 0.00516. The summed E-state index contributed by atoms with van der Waals surface area (Å²) in [5, 5.41) is 11.7. The van der Waals surface area contributed by atoms with Gasteiger partial charge in [0.25, 0.3) is 5.78 Å². The first-order valence-corrected chi connectivity index (χ1v) is 13.9. The number of aliphatic hydroxyl groups is 1. The number of hydrogen-bond donors (Lipinski definition) is 1. The zero-order valence-electron chi connectivity index (χ0n) is 22.7. The first kappa shape index (κ1) is 27.4. The van der Waals surface area contributed by atoms with Crippen LogP contribution in [0.5, 0.6) is 11.5 Å². The quantitative estimate of drug-likeness (QED) is 0.128. The number of aryl methyl sites for hydroxylation is 1. The molecule has 5 rings (SSSR count). The molecule has 0 radical (unpaired) electrons. The number of methoxy groups -OCH3 is 1. The second-order valence-corrected chi connectivity index (χ2v) is 10.8. The van der Waals surface area contributed by atoms with E-state index in [1.54, 1.807) is 49.4 Å². The molecule has 0 aliphatic carbocycles. The molecular weight excluding hydrogens is 532 g/mol. The lowest BCUT2D eigenvalue weighted by Gasteiger charge is -2.23. The highest BCUT2D eigenvalue weighted by Gasteiger charge is 2.48. The first-order valence-electron chi connectivity index (χ1n) is 13.1. The van der Waals surface area contributed by atoms with E-state index in [1.807, 2.05) is 6.92 Å². The van der Waals surface area contributed by atoms with Crippen molar-refractivity contribution in [3.8, 4) is 11.5 Å². The number of carbonyl (C=O) groups excluding carboxylic acids is 3. The van der Waals surface area contributed by atoms with Gasteiger partial charge in [0.05, 0.1) is 31.0 Å². The minimum Gasteiger partial charge on any atom is -0.507 e. The summed E-state index contributed by atoms with van der Waals surface area (Å²) >= 11 is 0.956. The second kappa shape index (κ2) is 11.1. The average Bonchev–Trinajstić information content (AvgIpc) is 3.59. The summed E-state index contributed by atoms with van der Waals surface area (Å²) in [5.74, 6) is -1.29. The maximum atomic E-state index is 13.6. The number of benzene rings is 2. The predicted molar refractivity (Wildman–Crippen MR) is 150 cm³/mol. The maximum Gasteiger partial charge on any atom is 0.350 e. The zero-order valence-corrected chi connectivity index (χ0v) is 23.5. The lowest BCUT2D eigenvalue weighted by molar-refractivity contribution is -0.132. The molecule has 1 aromatic heterocycles. The Morgan fingerprint density at radius 2 is 2.02 bits per heavy atom. The summed E-state index contributed by atoms with van der Waals surface area (Å²) in [6.45, 7) is 6.18. The topological polar surface area (TPSA) is 115 Å². The van der Waals surface area contributed by atoms with Crippen LogP contribution in [0.25, 0.3) is 5.76 Å². The van der Waals surface area contributed by atoms with Gasteiger partial charge in [-0.1, -0.05) is 36.8 Å². The second-order valence-electron chi connectivity index (χ2n) is 9.80. The number of carbonyl (C=O) groups is 3. The van der Waals surface area contributed by atoms with E-state index in [2.05, 4.69) is 11.9 Å². The van der Waals surface area contributed by atoms with Crippen LogP contribution in [0.1, 0.15) is 64.8 Å². The van der Waals surface area contributed by atoms with Gasteiger partial charge in [0.2, 0.25) is 0 Å². The summed E-state index contributed by atoms with van der Waals surface area (Å²) < 4.78 is 16.5. The molecule has 0 unspecified atom stereocenters. The number of thiazole rings is 1. The van der Waals surface area contributed by atoms with Crippen molar-refractivity contribution in [3.05, 3.63) is 75.3 Å². The van der Waals surface area contributed by atoms with Gasteiger partial charge >= 0.3 is 11.9 Å². The molecule has 40 heavy (non-hydrogen) atoms. The number of aromatic nitrogens is 1. The standard InChI is InChI=1S/C30H30N2O7S/c1-5-6-12-38-21-9-7-8-18(15-21)24-23(25(33)19-10-11-22-20(14-19)13-16(2)39-22)26(34)28(35)32(24)30-31-17(3)27(40-30)29(36)37-4/h7-11,14-16,24,33H,5-6,12-13H2,1-4H3/b25-23+/t16-,24-/m0/s1. The first-order chi connectivity index (χ1) is 19.2. The number of esters is 1. The number of rotatable bonds is 8. The third kappa shape index (κ3) is 4.95. The lowest BCUT2D eigenvalue weighted by atomic mass is 9.94. The van der Waals surface area contributed by atoms with Crippen LogP contribution in [0.3, 0.4) is 0 Å². The van der Waals surface area contributed by atoms with Crippen molar-refractivity contribution in [2.75, 3.05) is 18.6 Å². The molecule has 0 spiro atoms. The van der Waals surface area contributed by atoms with Crippen LogP contribution in [0.2, 0.25) is 0 Å². The van der Waals surface area contributed by atoms with Crippen molar-refractivity contribution in [1.29, 1.82) is 0 Å². The average molecular weight is 563 g/mol. The largest absolute Gasteiger partial charge is 0.507 e. The molecule has 10 heteroatoms. The van der Waals surface area contributed by atoms with Crippen LogP contribution in [-0.4, -0.2) is 47.6 Å². The van der Waals surface area contributed by atoms with Gasteiger partial charge in [0, 0.05) is 12.0 Å². The molecule has 0 saturated carbocycles. The van der Waals surface area contributed by atoms with E-state index < -0.39 is 23.7 Å². The number of ether oxygens (including phenoxy) is 3. The predicted octanol–water partition coefficient (Wildman–Crippen LogP) is 5.37. The molecule has 1 amide bonds. The number of ketones is 1. The van der Waals surface area contributed by atoms with E-state index in [0.29, 0.717) is 35.6 Å². The molecule has 2 atom stereocenters. The van der Waals surface area contributed by atoms with Gasteiger partial charge in [0.15, 0.2) is 5.13 Å². The normalized spacial score (nSPS) is 19.4. The third-order valence-electron chi connectivity index (χ3n) is 6.92. The van der Waals surface area contributed by atoms with Gasteiger partial charge in [-0.2, -0.15) is 0 Å². The Bertz CT molecular complexity index is 1530. The van der Waals surface area contributed by atoms with E-state index in [-0.39, 0.29) is 27.4 Å². The molecular formula is C30H30N2O7S. The van der Waals surface area contributed by atoms with Gasteiger partial charge in [-0.3, -0.25) is 14.5 Å². The van der Waals surface area contributed by atoms with Crippen LogP contribution in [0.15, 0.2) is 48.0 Å². The monoisotopic (exact) mass is 562 g/mol. The van der Waals surface area contributed by atoms with Gasteiger partial charge in [-0.05, 0) is 61.7 Å². The highest BCUT2D eigenvalue weighted by atomic mass is 32.1. The molecule has 0 bridgehead atoms. The van der Waals surface area contributed by atoms with Crippen LogP contribution in [0, 0.1) is 6.92 Å². The fourth-order valence-corrected chi connectivity index (χ4v) is 5.96. The summed E-state index contributed by atoms with van der Waals surface area (Å²) in [5.41, 5.74) is 2.17. The summed E-state index contributed by atoms with van der Waals surface area (Å²) in [7, 11) is 1.26. The van der Waals surface area contributed by atoms with Crippen molar-refractivity contribution in [2.45, 2.75) is 52.2 Å². The molecule has 2 aliphatic rings. The molecule has 9 nitrogen and oxygen atoms in total. The van der Waals surface area contributed by atoms with Crippen LogP contribution < -0.4 is 14.4 Å². The number of nitrogens with zero attached hydrogens (tertiary/aromatic N) is 2. The molecule has 3 heterocycles. The van der Waals surface area contributed by atoms with E-state index in [9.17, 15) is 19.5 Å². The Morgan fingerprint density at radius 3 is 2.77 bits per heavy atom. The minimum atomic E-state index is -1.01. The molecule has 2 aliphatic heterocycles. The Kier molecular flexibility index (Phi) is 7.62. The fraction of sp³-hybridized carbons (Fsp3) is 0.333. The van der Waals surface area contributed by atoms with E-state index in [4.69, 9.17) is 14.2 Å². The van der Waals surface area contributed by atoms with Crippen molar-refractivity contribution >= 4 is 39.9 Å². The number of Topliss-reactive ketones (excluding diaryl/α,β-unsaturated/α-hetero) is 1. The number of unbranched alkanes of at least 4 members (excludes halogenated alkanes) is 1. The summed E-state index contributed by atoms with van der Waals surface area (Å²) in [6, 6.07) is 11.3. The highest BCUT2D eigenvalue weighted by Crippen LogP contribution is 2.45. The van der Waals surface area contributed by atoms with Gasteiger partial charge in [-0.15, -0.1) is 0 Å². The molecule has 3 aromatic rings. The summed E-state index contributed by atoms with van der Waals surface area (Å²) in [6.07, 6.45) is 2.51. The van der Waals surface area contributed by atoms with Crippen LogP contribution in [-0.2, 0) is 20.7 Å². The molecule has 1 fully saturated rings. The molecule has 1 saturated heterocycles. The molecule has 208 valence electrons. The van der Waals surface area contributed by atoms with Crippen molar-refractivity contribution < 1.29 is 33.7 Å². The Hall–Kier alpha value is -4.18. The van der Waals surface area contributed by atoms with E-state index in [1.165, 1.54) is 12.0 Å². The van der Waals surface area contributed by atoms with Gasteiger partial charge < -0.3 is 19.3 Å². The zero-order chi connectivity index (χ0) is 28.6. The Morgan fingerprint density at radius 1 is 1.23 bits per heavy atom. The van der Waals surface area contributed by atoms with Crippen molar-refractivity contribution in [3.63, 3.8) is 0 Å². The Labute approximate surface area is 236 Å². The molecule has 1 N–H and O–H groups in total.